The second-order valence-corrected chi connectivity index (χ2v) is 6.13. The molecule has 1 aliphatic carbocycles. The van der Waals surface area contributed by atoms with Crippen LogP contribution in [0.5, 0.6) is 0 Å². The molecule has 1 atom stereocenters. The third kappa shape index (κ3) is 3.24. The van der Waals surface area contributed by atoms with Gasteiger partial charge in [-0.2, -0.15) is 0 Å². The van der Waals surface area contributed by atoms with Gasteiger partial charge >= 0.3 is 0 Å². The number of anilines is 1. The topological polar surface area (TPSA) is 41.1 Å². The minimum absolute atomic E-state index is 0.738. The fourth-order valence-corrected chi connectivity index (χ4v) is 2.72. The molecule has 1 aliphatic heterocycles. The van der Waals surface area contributed by atoms with E-state index in [2.05, 4.69) is 29.0 Å². The van der Waals surface area contributed by atoms with Crippen molar-refractivity contribution in [3.63, 3.8) is 0 Å². The summed E-state index contributed by atoms with van der Waals surface area (Å²) in [4.78, 5) is 11.6. The molecule has 0 amide bonds. The predicted molar refractivity (Wildman–Crippen MR) is 77.2 cm³/mol. The highest BCUT2D eigenvalue weighted by Crippen LogP contribution is 2.22. The maximum absolute atomic E-state index is 4.70. The van der Waals surface area contributed by atoms with Crippen LogP contribution in [0.25, 0.3) is 0 Å². The largest absolute Gasteiger partial charge is 0.341 e. The fraction of sp³-hybridized carbons (Fsp3) is 0.733. The number of piperidine rings is 1. The van der Waals surface area contributed by atoms with Crippen LogP contribution in [0.3, 0.4) is 0 Å². The first-order valence-electron chi connectivity index (χ1n) is 7.53. The molecule has 2 aliphatic rings. The smallest absolute Gasteiger partial charge is 0.225 e. The minimum Gasteiger partial charge on any atom is -0.341 e. The van der Waals surface area contributed by atoms with E-state index in [1.165, 1.54) is 31.2 Å². The van der Waals surface area contributed by atoms with Crippen LogP contribution in [0.15, 0.2) is 6.20 Å². The Labute approximate surface area is 115 Å². The van der Waals surface area contributed by atoms with Gasteiger partial charge in [-0.3, -0.25) is 0 Å². The number of rotatable bonds is 4. The highest BCUT2D eigenvalue weighted by Gasteiger charge is 2.21. The lowest BCUT2D eigenvalue weighted by Crippen LogP contribution is -2.35. The molecule has 1 N–H and O–H groups in total. The highest BCUT2D eigenvalue weighted by molar-refractivity contribution is 5.33. The summed E-state index contributed by atoms with van der Waals surface area (Å²) >= 11 is 0. The molecule has 0 spiro atoms. The molecular formula is C15H24N4. The lowest BCUT2D eigenvalue weighted by Gasteiger charge is -2.31. The van der Waals surface area contributed by atoms with Crippen LogP contribution in [0.1, 0.15) is 43.9 Å². The molecule has 1 saturated heterocycles. The summed E-state index contributed by atoms with van der Waals surface area (Å²) in [6.07, 6.45) is 7.24. The Hall–Kier alpha value is -1.16. The number of aryl methyl sites for hydroxylation is 1. The monoisotopic (exact) mass is 260 g/mol. The third-order valence-electron chi connectivity index (χ3n) is 4.17. The number of aromatic nitrogens is 2. The Bertz CT molecular complexity index is 442. The van der Waals surface area contributed by atoms with E-state index in [1.54, 1.807) is 0 Å². The van der Waals surface area contributed by atoms with E-state index in [0.717, 1.165) is 43.2 Å². The van der Waals surface area contributed by atoms with Crippen LogP contribution in [0, 0.1) is 12.8 Å². The van der Waals surface area contributed by atoms with Crippen LogP contribution >= 0.6 is 0 Å². The normalized spacial score (nSPS) is 23.7. The van der Waals surface area contributed by atoms with Crippen molar-refractivity contribution in [3.05, 3.63) is 17.5 Å². The zero-order valence-electron chi connectivity index (χ0n) is 12.0. The summed E-state index contributed by atoms with van der Waals surface area (Å²) in [6.45, 7) is 7.52. The van der Waals surface area contributed by atoms with Crippen LogP contribution in [-0.2, 0) is 6.54 Å². The van der Waals surface area contributed by atoms with E-state index >= 15 is 0 Å². The molecule has 1 aromatic heterocycles. The van der Waals surface area contributed by atoms with Gasteiger partial charge in [-0.1, -0.05) is 6.92 Å². The van der Waals surface area contributed by atoms with E-state index in [4.69, 9.17) is 4.98 Å². The lowest BCUT2D eigenvalue weighted by molar-refractivity contribution is 0.441. The highest BCUT2D eigenvalue weighted by atomic mass is 15.3. The number of hydrogen-bond acceptors (Lipinski definition) is 4. The first-order valence-corrected chi connectivity index (χ1v) is 7.53. The van der Waals surface area contributed by atoms with E-state index in [9.17, 15) is 0 Å². The van der Waals surface area contributed by atoms with Crippen molar-refractivity contribution in [2.24, 2.45) is 5.92 Å². The molecule has 1 aromatic rings. The summed E-state index contributed by atoms with van der Waals surface area (Å²) in [6, 6.07) is 0.738. The SMILES string of the molecule is Cc1nc(N2CCCC(C)C2)ncc1CNC1CC1. The molecule has 4 nitrogen and oxygen atoms in total. The van der Waals surface area contributed by atoms with E-state index < -0.39 is 0 Å². The van der Waals surface area contributed by atoms with Crippen molar-refractivity contribution in [2.75, 3.05) is 18.0 Å². The van der Waals surface area contributed by atoms with Crippen LogP contribution in [0.4, 0.5) is 5.95 Å². The summed E-state index contributed by atoms with van der Waals surface area (Å²) in [7, 11) is 0. The molecule has 0 radical (unpaired) electrons. The molecule has 104 valence electrons. The Kier molecular flexibility index (Phi) is 3.69. The third-order valence-corrected chi connectivity index (χ3v) is 4.17. The van der Waals surface area contributed by atoms with Crippen molar-refractivity contribution in [3.8, 4) is 0 Å². The molecule has 1 unspecified atom stereocenters. The second-order valence-electron chi connectivity index (χ2n) is 6.13. The molecule has 2 heterocycles. The van der Waals surface area contributed by atoms with E-state index in [-0.39, 0.29) is 0 Å². The number of hydrogen-bond donors (Lipinski definition) is 1. The average Bonchev–Trinajstić information content (AvgIpc) is 3.21. The van der Waals surface area contributed by atoms with Gasteiger partial charge in [0, 0.05) is 43.1 Å². The fourth-order valence-electron chi connectivity index (χ4n) is 2.72. The Morgan fingerprint density at radius 1 is 1.37 bits per heavy atom. The van der Waals surface area contributed by atoms with Crippen molar-refractivity contribution < 1.29 is 0 Å². The molecule has 0 aromatic carbocycles. The van der Waals surface area contributed by atoms with Gasteiger partial charge in [0.1, 0.15) is 0 Å². The molecular weight excluding hydrogens is 236 g/mol. The number of nitrogens with one attached hydrogen (secondary N) is 1. The van der Waals surface area contributed by atoms with Crippen LogP contribution < -0.4 is 10.2 Å². The van der Waals surface area contributed by atoms with Gasteiger partial charge in [-0.05, 0) is 38.5 Å². The van der Waals surface area contributed by atoms with Crippen molar-refractivity contribution in [1.82, 2.24) is 15.3 Å². The van der Waals surface area contributed by atoms with Crippen LogP contribution in [0.2, 0.25) is 0 Å². The summed E-state index contributed by atoms with van der Waals surface area (Å²) < 4.78 is 0. The number of nitrogens with zero attached hydrogens (tertiary/aromatic N) is 3. The Balaban J connectivity index is 1.67. The molecule has 4 heteroatoms. The van der Waals surface area contributed by atoms with Crippen molar-refractivity contribution in [1.29, 1.82) is 0 Å². The first kappa shape index (κ1) is 12.9. The standard InChI is InChI=1S/C15H24N4/c1-11-4-3-7-19(10-11)15-17-9-13(12(2)18-15)8-16-14-5-6-14/h9,11,14,16H,3-8,10H2,1-2H3. The molecule has 0 bridgehead atoms. The summed E-state index contributed by atoms with van der Waals surface area (Å²) in [5.41, 5.74) is 2.36. The molecule has 2 fully saturated rings. The molecule has 3 rings (SSSR count). The van der Waals surface area contributed by atoms with Gasteiger partial charge < -0.3 is 10.2 Å². The van der Waals surface area contributed by atoms with Crippen molar-refractivity contribution >= 4 is 5.95 Å². The minimum atomic E-state index is 0.738. The average molecular weight is 260 g/mol. The second kappa shape index (κ2) is 5.45. The van der Waals surface area contributed by atoms with Crippen LogP contribution in [-0.4, -0.2) is 29.1 Å². The summed E-state index contributed by atoms with van der Waals surface area (Å²) in [5, 5.41) is 3.53. The maximum atomic E-state index is 4.70. The van der Waals surface area contributed by atoms with E-state index in [0.29, 0.717) is 0 Å². The van der Waals surface area contributed by atoms with Gasteiger partial charge in [-0.25, -0.2) is 9.97 Å². The zero-order chi connectivity index (χ0) is 13.2. The quantitative estimate of drug-likeness (QED) is 0.901. The lowest BCUT2D eigenvalue weighted by atomic mass is 10.0. The Morgan fingerprint density at radius 2 is 2.21 bits per heavy atom. The van der Waals surface area contributed by atoms with Gasteiger partial charge in [0.25, 0.3) is 0 Å². The first-order chi connectivity index (χ1) is 9.22. The van der Waals surface area contributed by atoms with Gasteiger partial charge in [-0.15, -0.1) is 0 Å². The molecule has 19 heavy (non-hydrogen) atoms. The maximum Gasteiger partial charge on any atom is 0.225 e. The summed E-state index contributed by atoms with van der Waals surface area (Å²) in [5.74, 6) is 1.67. The van der Waals surface area contributed by atoms with Gasteiger partial charge in [0.15, 0.2) is 0 Å². The van der Waals surface area contributed by atoms with Gasteiger partial charge in [0.05, 0.1) is 0 Å². The van der Waals surface area contributed by atoms with Crippen molar-refractivity contribution in [2.45, 2.75) is 52.1 Å². The predicted octanol–water partition coefficient (Wildman–Crippen LogP) is 2.27. The van der Waals surface area contributed by atoms with E-state index in [1.807, 2.05) is 6.20 Å². The zero-order valence-corrected chi connectivity index (χ0v) is 12.0. The van der Waals surface area contributed by atoms with Gasteiger partial charge in [0.2, 0.25) is 5.95 Å². The Morgan fingerprint density at radius 3 is 2.89 bits per heavy atom. The molecule has 1 saturated carbocycles.